The van der Waals surface area contributed by atoms with Crippen molar-refractivity contribution in [2.75, 3.05) is 0 Å². The van der Waals surface area contributed by atoms with Gasteiger partial charge in [0.15, 0.2) is 0 Å². The molecule has 0 aliphatic heterocycles. The Bertz CT molecular complexity index is 391. The Labute approximate surface area is 99.0 Å². The van der Waals surface area contributed by atoms with Gasteiger partial charge in [0.1, 0.15) is 5.82 Å². The number of aryl methyl sites for hydroxylation is 2. The van der Waals surface area contributed by atoms with E-state index in [0.29, 0.717) is 24.8 Å². The predicted octanol–water partition coefficient (Wildman–Crippen LogP) is 3.45. The van der Waals surface area contributed by atoms with Crippen molar-refractivity contribution >= 4 is 17.6 Å². The van der Waals surface area contributed by atoms with Gasteiger partial charge in [-0.25, -0.2) is 4.39 Å². The first-order chi connectivity index (χ1) is 7.54. The number of aliphatic carboxylic acids is 1. The molecule has 0 fully saturated rings. The zero-order chi connectivity index (χ0) is 12.1. The number of halogens is 2. The Hall–Kier alpha value is -1.09. The summed E-state index contributed by atoms with van der Waals surface area (Å²) in [6.45, 7) is 1.86. The van der Waals surface area contributed by atoms with Gasteiger partial charge >= 0.3 is 5.97 Å². The third-order valence-corrected chi connectivity index (χ3v) is 2.68. The number of hydrogen-bond donors (Lipinski definition) is 1. The summed E-state index contributed by atoms with van der Waals surface area (Å²) in [5.41, 5.74) is 1.47. The number of benzene rings is 1. The summed E-state index contributed by atoms with van der Waals surface area (Å²) in [5, 5.41) is 8.62. The molecular formula is C12H14ClFO2. The lowest BCUT2D eigenvalue weighted by atomic mass is 10.0. The summed E-state index contributed by atoms with van der Waals surface area (Å²) >= 11 is 5.75. The van der Waals surface area contributed by atoms with Crippen LogP contribution in [0, 0.1) is 5.82 Å². The largest absolute Gasteiger partial charge is 0.481 e. The van der Waals surface area contributed by atoms with Crippen LogP contribution in [0.15, 0.2) is 12.1 Å². The molecule has 88 valence electrons. The Morgan fingerprint density at radius 3 is 2.75 bits per heavy atom. The first kappa shape index (κ1) is 13.0. The van der Waals surface area contributed by atoms with Gasteiger partial charge in [0.2, 0.25) is 0 Å². The number of hydrogen-bond acceptors (Lipinski definition) is 1. The van der Waals surface area contributed by atoms with Crippen LogP contribution in [0.4, 0.5) is 4.39 Å². The third-order valence-electron chi connectivity index (χ3n) is 2.40. The fourth-order valence-corrected chi connectivity index (χ4v) is 1.82. The van der Waals surface area contributed by atoms with Gasteiger partial charge in [-0.15, -0.1) is 0 Å². The van der Waals surface area contributed by atoms with Gasteiger partial charge in [0, 0.05) is 6.42 Å². The van der Waals surface area contributed by atoms with Crippen LogP contribution in [0.2, 0.25) is 5.02 Å². The highest BCUT2D eigenvalue weighted by Crippen LogP contribution is 2.22. The maximum absolute atomic E-state index is 13.4. The lowest BCUT2D eigenvalue weighted by molar-refractivity contribution is -0.137. The van der Waals surface area contributed by atoms with Gasteiger partial charge in [-0.2, -0.15) is 0 Å². The molecule has 0 amide bonds. The highest BCUT2D eigenvalue weighted by molar-refractivity contribution is 6.30. The van der Waals surface area contributed by atoms with E-state index in [1.54, 1.807) is 12.1 Å². The zero-order valence-electron chi connectivity index (χ0n) is 9.09. The highest BCUT2D eigenvalue weighted by Gasteiger charge is 2.08. The zero-order valence-corrected chi connectivity index (χ0v) is 9.85. The molecule has 1 N–H and O–H groups in total. The molecule has 1 aromatic carbocycles. The molecule has 16 heavy (non-hydrogen) atoms. The predicted molar refractivity (Wildman–Crippen MR) is 61.4 cm³/mol. The third kappa shape index (κ3) is 3.49. The lowest BCUT2D eigenvalue weighted by Gasteiger charge is -2.06. The van der Waals surface area contributed by atoms with Gasteiger partial charge in [-0.05, 0) is 36.5 Å². The second-order valence-electron chi connectivity index (χ2n) is 3.65. The van der Waals surface area contributed by atoms with Crippen LogP contribution in [-0.2, 0) is 17.6 Å². The molecule has 0 saturated heterocycles. The molecule has 0 bridgehead atoms. The number of carbonyl (C=O) groups is 1. The van der Waals surface area contributed by atoms with Crippen LogP contribution in [0.1, 0.15) is 30.9 Å². The molecule has 0 spiro atoms. The molecule has 1 aromatic rings. The van der Waals surface area contributed by atoms with Crippen LogP contribution in [0.5, 0.6) is 0 Å². The number of carboxylic acids is 1. The molecule has 0 saturated carbocycles. The maximum Gasteiger partial charge on any atom is 0.303 e. The van der Waals surface area contributed by atoms with E-state index >= 15 is 0 Å². The standard InChI is InChI=1S/C12H14ClFO2/c1-2-9-6-8(4-3-5-11(15)16)7-10(13)12(9)14/h6-7H,2-5H2,1H3,(H,15,16). The average Bonchev–Trinajstić information content (AvgIpc) is 2.22. The van der Waals surface area contributed by atoms with E-state index in [4.69, 9.17) is 16.7 Å². The van der Waals surface area contributed by atoms with E-state index < -0.39 is 5.97 Å². The molecule has 0 radical (unpaired) electrons. The minimum absolute atomic E-state index is 0.115. The van der Waals surface area contributed by atoms with E-state index in [0.717, 1.165) is 5.56 Å². The summed E-state index contributed by atoms with van der Waals surface area (Å²) in [6.07, 6.45) is 1.86. The fourth-order valence-electron chi connectivity index (χ4n) is 1.55. The Kier molecular flexibility index (Phi) is 4.74. The number of carboxylic acid groups (broad SMARTS) is 1. The van der Waals surface area contributed by atoms with Crippen molar-refractivity contribution in [3.05, 3.63) is 34.1 Å². The molecular weight excluding hydrogens is 231 g/mol. The van der Waals surface area contributed by atoms with Gasteiger partial charge in [0.05, 0.1) is 5.02 Å². The van der Waals surface area contributed by atoms with Gasteiger partial charge in [0.25, 0.3) is 0 Å². The molecule has 0 unspecified atom stereocenters. The molecule has 0 heterocycles. The van der Waals surface area contributed by atoms with Crippen LogP contribution in [0.25, 0.3) is 0 Å². The van der Waals surface area contributed by atoms with Crippen molar-refractivity contribution in [3.8, 4) is 0 Å². The van der Waals surface area contributed by atoms with E-state index in [-0.39, 0.29) is 17.3 Å². The Balaban J connectivity index is 2.74. The molecule has 2 nitrogen and oxygen atoms in total. The van der Waals surface area contributed by atoms with E-state index in [2.05, 4.69) is 0 Å². The molecule has 0 aromatic heterocycles. The van der Waals surface area contributed by atoms with Crippen LogP contribution in [-0.4, -0.2) is 11.1 Å². The smallest absolute Gasteiger partial charge is 0.303 e. The van der Waals surface area contributed by atoms with Crippen LogP contribution >= 0.6 is 11.6 Å². The molecule has 0 aliphatic carbocycles. The molecule has 0 atom stereocenters. The molecule has 1 rings (SSSR count). The summed E-state index contributed by atoms with van der Waals surface area (Å²) in [6, 6.07) is 3.32. The molecule has 0 aliphatic rings. The van der Waals surface area contributed by atoms with Gasteiger partial charge in [-0.1, -0.05) is 24.6 Å². The van der Waals surface area contributed by atoms with Crippen molar-refractivity contribution in [1.82, 2.24) is 0 Å². The van der Waals surface area contributed by atoms with Crippen molar-refractivity contribution in [3.63, 3.8) is 0 Å². The quantitative estimate of drug-likeness (QED) is 0.861. The lowest BCUT2D eigenvalue weighted by Crippen LogP contribution is -1.98. The second kappa shape index (κ2) is 5.85. The topological polar surface area (TPSA) is 37.3 Å². The minimum atomic E-state index is -0.816. The first-order valence-electron chi connectivity index (χ1n) is 5.23. The maximum atomic E-state index is 13.4. The van der Waals surface area contributed by atoms with Crippen molar-refractivity contribution in [1.29, 1.82) is 0 Å². The van der Waals surface area contributed by atoms with Crippen molar-refractivity contribution in [2.24, 2.45) is 0 Å². The SMILES string of the molecule is CCc1cc(CCCC(=O)O)cc(Cl)c1F. The summed E-state index contributed by atoms with van der Waals surface area (Å²) < 4.78 is 13.4. The fraction of sp³-hybridized carbons (Fsp3) is 0.417. The normalized spacial score (nSPS) is 10.4. The summed E-state index contributed by atoms with van der Waals surface area (Å²) in [5.74, 6) is -1.19. The van der Waals surface area contributed by atoms with E-state index in [9.17, 15) is 9.18 Å². The summed E-state index contributed by atoms with van der Waals surface area (Å²) in [7, 11) is 0. The monoisotopic (exact) mass is 244 g/mol. The van der Waals surface area contributed by atoms with Crippen LogP contribution < -0.4 is 0 Å². The van der Waals surface area contributed by atoms with Gasteiger partial charge in [-0.3, -0.25) is 4.79 Å². The first-order valence-corrected chi connectivity index (χ1v) is 5.61. The van der Waals surface area contributed by atoms with Gasteiger partial charge < -0.3 is 5.11 Å². The van der Waals surface area contributed by atoms with E-state index in [1.807, 2.05) is 6.92 Å². The summed E-state index contributed by atoms with van der Waals surface area (Å²) in [4.78, 5) is 10.3. The Morgan fingerprint density at radius 1 is 1.50 bits per heavy atom. The number of rotatable bonds is 5. The Morgan fingerprint density at radius 2 is 2.19 bits per heavy atom. The van der Waals surface area contributed by atoms with Crippen molar-refractivity contribution in [2.45, 2.75) is 32.6 Å². The van der Waals surface area contributed by atoms with Crippen molar-refractivity contribution < 1.29 is 14.3 Å². The average molecular weight is 245 g/mol. The minimum Gasteiger partial charge on any atom is -0.481 e. The van der Waals surface area contributed by atoms with Crippen LogP contribution in [0.3, 0.4) is 0 Å². The second-order valence-corrected chi connectivity index (χ2v) is 4.06. The molecule has 4 heteroatoms. The van der Waals surface area contributed by atoms with E-state index in [1.165, 1.54) is 0 Å². The highest BCUT2D eigenvalue weighted by atomic mass is 35.5.